The van der Waals surface area contributed by atoms with E-state index in [4.69, 9.17) is 0 Å². The lowest BCUT2D eigenvalue weighted by molar-refractivity contribution is -0.384. The molecule has 0 atom stereocenters. The Morgan fingerprint density at radius 2 is 1.93 bits per heavy atom. The molecule has 1 aromatic heterocycles. The zero-order valence-corrected chi connectivity index (χ0v) is 13.7. The van der Waals surface area contributed by atoms with Crippen LogP contribution in [0.3, 0.4) is 0 Å². The van der Waals surface area contributed by atoms with Crippen LogP contribution in [0.4, 0.5) is 10.5 Å². The predicted molar refractivity (Wildman–Crippen MR) is 96.8 cm³/mol. The molecule has 0 unspecified atom stereocenters. The Morgan fingerprint density at radius 3 is 2.78 bits per heavy atom. The van der Waals surface area contributed by atoms with Gasteiger partial charge in [-0.25, -0.2) is 14.8 Å². The van der Waals surface area contributed by atoms with E-state index in [1.54, 1.807) is 24.4 Å². The van der Waals surface area contributed by atoms with E-state index in [1.807, 2.05) is 12.1 Å². The summed E-state index contributed by atoms with van der Waals surface area (Å²) < 4.78 is 0. The van der Waals surface area contributed by atoms with E-state index >= 15 is 0 Å². The number of urea groups is 1. The molecule has 2 heterocycles. The highest BCUT2D eigenvalue weighted by atomic mass is 16.6. The Balaban J connectivity index is 2.00. The van der Waals surface area contributed by atoms with Gasteiger partial charge in [-0.05, 0) is 29.3 Å². The van der Waals surface area contributed by atoms with Gasteiger partial charge in [-0.3, -0.25) is 10.1 Å². The second-order valence-corrected chi connectivity index (χ2v) is 6.05. The molecule has 1 aliphatic heterocycles. The second kappa shape index (κ2) is 5.46. The van der Waals surface area contributed by atoms with Gasteiger partial charge >= 0.3 is 6.03 Å². The normalized spacial score (nSPS) is 12.7. The number of aromatic nitrogens is 2. The van der Waals surface area contributed by atoms with E-state index in [1.165, 1.54) is 18.5 Å². The summed E-state index contributed by atoms with van der Waals surface area (Å²) in [6, 6.07) is 11.2. The quantitative estimate of drug-likeness (QED) is 0.312. The molecule has 0 spiro atoms. The number of nitro benzene ring substituents is 1. The van der Waals surface area contributed by atoms with Crippen molar-refractivity contribution in [1.29, 1.82) is 0 Å². The van der Waals surface area contributed by atoms with E-state index in [0.717, 1.165) is 10.8 Å². The van der Waals surface area contributed by atoms with E-state index < -0.39 is 11.0 Å². The molecule has 0 aliphatic carbocycles. The second-order valence-electron chi connectivity index (χ2n) is 6.05. The van der Waals surface area contributed by atoms with Crippen molar-refractivity contribution >= 4 is 33.4 Å². The molecule has 8 heteroatoms. The third-order valence-electron chi connectivity index (χ3n) is 4.51. The topological polar surface area (TPSA) is 111 Å². The molecule has 128 valence electrons. The molecule has 1 aliphatic rings. The zero-order valence-electron chi connectivity index (χ0n) is 13.7. The molecule has 0 N–H and O–H groups in total. The maximum absolute atomic E-state index is 11.8. The Morgan fingerprint density at radius 1 is 1.04 bits per heavy atom. The van der Waals surface area contributed by atoms with Crippen molar-refractivity contribution in [3.05, 3.63) is 75.8 Å². The van der Waals surface area contributed by atoms with Crippen LogP contribution in [0.15, 0.2) is 65.0 Å². The van der Waals surface area contributed by atoms with Crippen molar-refractivity contribution in [3.8, 4) is 11.1 Å². The Bertz CT molecular complexity index is 1430. The van der Waals surface area contributed by atoms with Gasteiger partial charge in [0.15, 0.2) is 0 Å². The molecule has 0 radical (unpaired) electrons. The Kier molecular flexibility index (Phi) is 3.08. The number of benzene rings is 3. The summed E-state index contributed by atoms with van der Waals surface area (Å²) >= 11 is 0. The van der Waals surface area contributed by atoms with Gasteiger partial charge in [0.2, 0.25) is 0 Å². The number of hydrogen-bond donors (Lipinski definition) is 0. The molecular weight excluding hydrogens is 346 g/mol. The Labute approximate surface area is 150 Å². The van der Waals surface area contributed by atoms with Gasteiger partial charge < -0.3 is 0 Å². The predicted octanol–water partition coefficient (Wildman–Crippen LogP) is 2.73. The first-order valence-corrected chi connectivity index (χ1v) is 8.03. The largest absolute Gasteiger partial charge is 0.368 e. The van der Waals surface area contributed by atoms with Crippen LogP contribution >= 0.6 is 0 Å². The van der Waals surface area contributed by atoms with Gasteiger partial charge in [0, 0.05) is 34.5 Å². The minimum absolute atomic E-state index is 0.0182. The number of carbonyl (C=O) groups is 1. The highest BCUT2D eigenvalue weighted by Gasteiger charge is 2.17. The van der Waals surface area contributed by atoms with Gasteiger partial charge in [-0.2, -0.15) is 9.98 Å². The number of non-ortho nitro benzene ring substituents is 1. The summed E-state index contributed by atoms with van der Waals surface area (Å²) in [7, 11) is 0. The summed E-state index contributed by atoms with van der Waals surface area (Å²) in [5.41, 5.74) is 2.05. The number of rotatable bonds is 2. The van der Waals surface area contributed by atoms with E-state index in [9.17, 15) is 14.9 Å². The van der Waals surface area contributed by atoms with Gasteiger partial charge in [0.1, 0.15) is 11.7 Å². The lowest BCUT2D eigenvalue weighted by Gasteiger charge is -2.10. The first-order chi connectivity index (χ1) is 13.1. The van der Waals surface area contributed by atoms with Crippen molar-refractivity contribution in [3.63, 3.8) is 0 Å². The van der Waals surface area contributed by atoms with Crippen LogP contribution in [0.1, 0.15) is 0 Å². The van der Waals surface area contributed by atoms with Gasteiger partial charge in [0.05, 0.1) is 15.8 Å². The van der Waals surface area contributed by atoms with Crippen LogP contribution in [0.5, 0.6) is 0 Å². The third kappa shape index (κ3) is 2.27. The summed E-state index contributed by atoms with van der Waals surface area (Å²) in [5, 5.41) is 14.4. The van der Waals surface area contributed by atoms with E-state index in [0.29, 0.717) is 32.7 Å². The first kappa shape index (κ1) is 15.2. The van der Waals surface area contributed by atoms with Crippen LogP contribution in [0.2, 0.25) is 0 Å². The van der Waals surface area contributed by atoms with Crippen LogP contribution in [0.25, 0.3) is 32.8 Å². The molecule has 0 saturated carbocycles. The molecule has 4 aromatic rings. The highest BCUT2D eigenvalue weighted by Crippen LogP contribution is 2.33. The molecule has 0 saturated heterocycles. The summed E-state index contributed by atoms with van der Waals surface area (Å²) in [6.45, 7) is 0. The fraction of sp³-hybridized carbons (Fsp3) is 0. The molecular formula is C19H9N5O3. The fourth-order valence-corrected chi connectivity index (χ4v) is 3.39. The van der Waals surface area contributed by atoms with Crippen LogP contribution in [0, 0.1) is 10.1 Å². The van der Waals surface area contributed by atoms with Crippen LogP contribution in [-0.2, 0) is 0 Å². The monoisotopic (exact) mass is 355 g/mol. The first-order valence-electron chi connectivity index (χ1n) is 8.03. The number of fused-ring (bicyclic) bond motifs is 5. The summed E-state index contributed by atoms with van der Waals surface area (Å²) in [4.78, 5) is 38.9. The van der Waals surface area contributed by atoms with Crippen molar-refractivity contribution in [1.82, 2.24) is 9.97 Å². The van der Waals surface area contributed by atoms with Crippen LogP contribution < -0.4 is 10.7 Å². The SMILES string of the molecule is O=C1N=c2ccc3c(c(-c4cccc([N+](=O)[O-])c4)cc4cncnc43)c2=N1. The number of nitro groups is 1. The van der Waals surface area contributed by atoms with E-state index in [-0.39, 0.29) is 5.69 Å². The minimum Gasteiger partial charge on any atom is -0.258 e. The number of nitrogens with zero attached hydrogens (tertiary/aromatic N) is 5. The van der Waals surface area contributed by atoms with Gasteiger partial charge in [-0.15, -0.1) is 0 Å². The van der Waals surface area contributed by atoms with Crippen molar-refractivity contribution in [2.45, 2.75) is 0 Å². The number of hydrogen-bond acceptors (Lipinski definition) is 5. The van der Waals surface area contributed by atoms with Crippen LogP contribution in [-0.4, -0.2) is 20.9 Å². The van der Waals surface area contributed by atoms with Crippen molar-refractivity contribution in [2.24, 2.45) is 9.98 Å². The lowest BCUT2D eigenvalue weighted by Crippen LogP contribution is -2.22. The molecule has 27 heavy (non-hydrogen) atoms. The zero-order chi connectivity index (χ0) is 18.5. The van der Waals surface area contributed by atoms with Gasteiger partial charge in [0.25, 0.3) is 5.69 Å². The molecule has 2 amide bonds. The maximum Gasteiger partial charge on any atom is 0.368 e. The van der Waals surface area contributed by atoms with Gasteiger partial charge in [-0.1, -0.05) is 12.1 Å². The third-order valence-corrected chi connectivity index (χ3v) is 4.51. The fourth-order valence-electron chi connectivity index (χ4n) is 3.39. The summed E-state index contributed by atoms with van der Waals surface area (Å²) in [6.07, 6.45) is 3.14. The Hall–Kier alpha value is -4.07. The average molecular weight is 355 g/mol. The minimum atomic E-state index is -0.565. The van der Waals surface area contributed by atoms with Crippen molar-refractivity contribution < 1.29 is 9.72 Å². The standard InChI is InChI=1S/C19H9N5O3/c25-19-22-15-5-4-13-16(18(15)23-19)14(7-11-8-20-9-21-17(11)13)10-2-1-3-12(6-10)24(26)27/h1-9H. The smallest absolute Gasteiger partial charge is 0.258 e. The number of amides is 2. The lowest BCUT2D eigenvalue weighted by atomic mass is 9.95. The summed E-state index contributed by atoms with van der Waals surface area (Å²) in [5.74, 6) is 0. The maximum atomic E-state index is 11.8. The molecule has 3 aromatic carbocycles. The average Bonchev–Trinajstić information content (AvgIpc) is 3.07. The number of carbonyl (C=O) groups excluding carboxylic acids is 1. The molecule has 0 fully saturated rings. The highest BCUT2D eigenvalue weighted by molar-refractivity contribution is 6.12. The van der Waals surface area contributed by atoms with Crippen molar-refractivity contribution in [2.75, 3.05) is 0 Å². The van der Waals surface area contributed by atoms with E-state index in [2.05, 4.69) is 20.0 Å². The molecule has 8 nitrogen and oxygen atoms in total. The molecule has 5 rings (SSSR count). The molecule has 0 bridgehead atoms.